The molecule has 1 saturated carbocycles. The van der Waals surface area contributed by atoms with Gasteiger partial charge in [0.1, 0.15) is 12.2 Å². The van der Waals surface area contributed by atoms with E-state index in [-0.39, 0.29) is 0 Å². The van der Waals surface area contributed by atoms with Crippen LogP contribution in [-0.2, 0) is 0 Å². The van der Waals surface area contributed by atoms with Crippen LogP contribution in [0.3, 0.4) is 0 Å². The van der Waals surface area contributed by atoms with Crippen LogP contribution in [0, 0.1) is 11.8 Å². The highest BCUT2D eigenvalue weighted by Crippen LogP contribution is 2.36. The Morgan fingerprint density at radius 1 is 1.44 bits per heavy atom. The highest BCUT2D eigenvalue weighted by molar-refractivity contribution is 4.95. The first-order valence-corrected chi connectivity index (χ1v) is 6.37. The summed E-state index contributed by atoms with van der Waals surface area (Å²) in [4.78, 5) is 4.27. The van der Waals surface area contributed by atoms with E-state index in [0.29, 0.717) is 12.0 Å². The number of rotatable bonds is 4. The van der Waals surface area contributed by atoms with Gasteiger partial charge in [0.05, 0.1) is 6.04 Å². The van der Waals surface area contributed by atoms with Crippen LogP contribution in [0.25, 0.3) is 0 Å². The molecule has 1 aromatic heterocycles. The van der Waals surface area contributed by atoms with Gasteiger partial charge in [-0.3, -0.25) is 5.10 Å². The van der Waals surface area contributed by atoms with Crippen molar-refractivity contribution in [1.82, 2.24) is 20.5 Å². The maximum atomic E-state index is 4.27. The number of hydrogen-bond donors (Lipinski definition) is 2. The highest BCUT2D eigenvalue weighted by Gasteiger charge is 2.28. The molecule has 1 fully saturated rings. The first kappa shape index (κ1) is 11.6. The van der Waals surface area contributed by atoms with Crippen molar-refractivity contribution in [3.8, 4) is 0 Å². The van der Waals surface area contributed by atoms with Crippen molar-refractivity contribution in [2.75, 3.05) is 7.05 Å². The summed E-state index contributed by atoms with van der Waals surface area (Å²) >= 11 is 0. The highest BCUT2D eigenvalue weighted by atomic mass is 15.2. The van der Waals surface area contributed by atoms with E-state index < -0.39 is 0 Å². The van der Waals surface area contributed by atoms with E-state index in [1.54, 1.807) is 6.33 Å². The summed E-state index contributed by atoms with van der Waals surface area (Å²) in [5.74, 6) is 2.65. The Hall–Kier alpha value is -0.900. The van der Waals surface area contributed by atoms with Gasteiger partial charge in [0, 0.05) is 0 Å². The molecule has 0 aliphatic heterocycles. The van der Waals surface area contributed by atoms with Gasteiger partial charge in [0.15, 0.2) is 0 Å². The number of nitrogens with one attached hydrogen (secondary N) is 2. The van der Waals surface area contributed by atoms with Gasteiger partial charge < -0.3 is 5.32 Å². The molecule has 1 aliphatic rings. The van der Waals surface area contributed by atoms with E-state index in [1.165, 1.54) is 32.1 Å². The third-order valence-corrected chi connectivity index (χ3v) is 3.98. The molecule has 0 radical (unpaired) electrons. The predicted molar refractivity (Wildman–Crippen MR) is 63.9 cm³/mol. The quantitative estimate of drug-likeness (QED) is 0.821. The average molecular weight is 222 g/mol. The molecular weight excluding hydrogens is 200 g/mol. The lowest BCUT2D eigenvalue weighted by atomic mass is 9.77. The van der Waals surface area contributed by atoms with Gasteiger partial charge in [0.25, 0.3) is 0 Å². The van der Waals surface area contributed by atoms with Crippen molar-refractivity contribution >= 4 is 0 Å². The third-order valence-electron chi connectivity index (χ3n) is 3.98. The maximum absolute atomic E-state index is 4.27. The summed E-state index contributed by atoms with van der Waals surface area (Å²) in [6, 6.07) is 0.348. The Bertz CT molecular complexity index is 288. The monoisotopic (exact) mass is 222 g/mol. The van der Waals surface area contributed by atoms with E-state index in [1.807, 2.05) is 7.05 Å². The van der Waals surface area contributed by atoms with Gasteiger partial charge in [-0.1, -0.05) is 26.2 Å². The Morgan fingerprint density at radius 2 is 2.19 bits per heavy atom. The molecule has 1 aliphatic carbocycles. The molecule has 1 unspecified atom stereocenters. The smallest absolute Gasteiger partial charge is 0.141 e. The fourth-order valence-electron chi connectivity index (χ4n) is 2.89. The van der Waals surface area contributed by atoms with Crippen LogP contribution >= 0.6 is 0 Å². The van der Waals surface area contributed by atoms with E-state index in [9.17, 15) is 0 Å². The summed E-state index contributed by atoms with van der Waals surface area (Å²) < 4.78 is 0. The standard InChI is InChI=1S/C12H22N4/c1-3-9-4-6-10(7-5-9)11(13-2)12-14-8-15-16-12/h8-11,13H,3-7H2,1-2H3,(H,14,15,16). The molecule has 1 heterocycles. The summed E-state index contributed by atoms with van der Waals surface area (Å²) in [7, 11) is 2.01. The zero-order valence-electron chi connectivity index (χ0n) is 10.2. The Labute approximate surface area is 97.2 Å². The molecule has 0 bridgehead atoms. The molecule has 90 valence electrons. The van der Waals surface area contributed by atoms with Crippen molar-refractivity contribution in [3.63, 3.8) is 0 Å². The second kappa shape index (κ2) is 5.43. The van der Waals surface area contributed by atoms with Gasteiger partial charge in [-0.05, 0) is 31.7 Å². The van der Waals surface area contributed by atoms with Crippen molar-refractivity contribution < 1.29 is 0 Å². The predicted octanol–water partition coefficient (Wildman–Crippen LogP) is 2.28. The Kier molecular flexibility index (Phi) is 3.93. The van der Waals surface area contributed by atoms with Crippen molar-refractivity contribution in [2.45, 2.75) is 45.1 Å². The minimum atomic E-state index is 0.348. The van der Waals surface area contributed by atoms with Crippen molar-refractivity contribution in [2.24, 2.45) is 11.8 Å². The number of hydrogen-bond acceptors (Lipinski definition) is 3. The van der Waals surface area contributed by atoms with Crippen LogP contribution in [0.1, 0.15) is 50.9 Å². The molecule has 1 atom stereocenters. The summed E-state index contributed by atoms with van der Waals surface area (Å²) in [5, 5.41) is 10.3. The second-order valence-electron chi connectivity index (χ2n) is 4.83. The lowest BCUT2D eigenvalue weighted by Gasteiger charge is -2.32. The molecule has 0 saturated heterocycles. The summed E-state index contributed by atoms with van der Waals surface area (Å²) in [6.45, 7) is 2.30. The van der Waals surface area contributed by atoms with E-state index in [4.69, 9.17) is 0 Å². The summed E-state index contributed by atoms with van der Waals surface area (Å²) in [5.41, 5.74) is 0. The van der Waals surface area contributed by atoms with Gasteiger partial charge >= 0.3 is 0 Å². The van der Waals surface area contributed by atoms with E-state index in [0.717, 1.165) is 11.7 Å². The zero-order chi connectivity index (χ0) is 11.4. The molecule has 16 heavy (non-hydrogen) atoms. The van der Waals surface area contributed by atoms with Crippen LogP contribution < -0.4 is 5.32 Å². The molecule has 0 aromatic carbocycles. The number of aromatic nitrogens is 3. The number of aromatic amines is 1. The number of H-pyrrole nitrogens is 1. The maximum Gasteiger partial charge on any atom is 0.141 e. The van der Waals surface area contributed by atoms with Gasteiger partial charge in [-0.25, -0.2) is 4.98 Å². The van der Waals surface area contributed by atoms with Crippen LogP contribution in [-0.4, -0.2) is 22.2 Å². The fraction of sp³-hybridized carbons (Fsp3) is 0.833. The van der Waals surface area contributed by atoms with Crippen LogP contribution in [0.4, 0.5) is 0 Å². The topological polar surface area (TPSA) is 53.6 Å². The van der Waals surface area contributed by atoms with E-state index in [2.05, 4.69) is 27.4 Å². The molecule has 0 spiro atoms. The minimum Gasteiger partial charge on any atom is -0.310 e. The first-order valence-electron chi connectivity index (χ1n) is 6.37. The first-order chi connectivity index (χ1) is 7.85. The van der Waals surface area contributed by atoms with Gasteiger partial charge in [-0.2, -0.15) is 5.10 Å². The lowest BCUT2D eigenvalue weighted by molar-refractivity contribution is 0.219. The van der Waals surface area contributed by atoms with Crippen LogP contribution in [0.2, 0.25) is 0 Å². The van der Waals surface area contributed by atoms with E-state index >= 15 is 0 Å². The largest absolute Gasteiger partial charge is 0.310 e. The van der Waals surface area contributed by atoms with Crippen LogP contribution in [0.15, 0.2) is 6.33 Å². The zero-order valence-corrected chi connectivity index (χ0v) is 10.2. The minimum absolute atomic E-state index is 0.348. The van der Waals surface area contributed by atoms with Crippen LogP contribution in [0.5, 0.6) is 0 Å². The SMILES string of the molecule is CCC1CCC(C(NC)c2ncn[nH]2)CC1. The molecule has 0 amide bonds. The Morgan fingerprint density at radius 3 is 2.69 bits per heavy atom. The average Bonchev–Trinajstić information content (AvgIpc) is 2.85. The Balaban J connectivity index is 1.96. The third kappa shape index (κ3) is 2.43. The molecule has 2 rings (SSSR count). The van der Waals surface area contributed by atoms with Crippen molar-refractivity contribution in [1.29, 1.82) is 0 Å². The molecular formula is C12H22N4. The van der Waals surface area contributed by atoms with Gasteiger partial charge in [-0.15, -0.1) is 0 Å². The molecule has 4 nitrogen and oxygen atoms in total. The number of nitrogens with zero attached hydrogens (tertiary/aromatic N) is 2. The normalized spacial score (nSPS) is 27.9. The summed E-state index contributed by atoms with van der Waals surface area (Å²) in [6.07, 6.45) is 8.28. The lowest BCUT2D eigenvalue weighted by Crippen LogP contribution is -2.29. The fourth-order valence-corrected chi connectivity index (χ4v) is 2.89. The van der Waals surface area contributed by atoms with Crippen molar-refractivity contribution in [3.05, 3.63) is 12.2 Å². The molecule has 4 heteroatoms. The molecule has 2 N–H and O–H groups in total. The second-order valence-corrected chi connectivity index (χ2v) is 4.83. The molecule has 1 aromatic rings. The van der Waals surface area contributed by atoms with Gasteiger partial charge in [0.2, 0.25) is 0 Å².